The molecule has 6 nitrogen and oxygen atoms in total. The van der Waals surface area contributed by atoms with E-state index in [1.165, 1.54) is 4.90 Å². The highest BCUT2D eigenvalue weighted by Crippen LogP contribution is 2.58. The molecule has 0 radical (unpaired) electrons. The van der Waals surface area contributed by atoms with Crippen LogP contribution in [0.4, 0.5) is 5.69 Å². The number of nitrogens with zero attached hydrogens (tertiary/aromatic N) is 1. The molecule has 2 amide bonds. The molecule has 6 heteroatoms. The van der Waals surface area contributed by atoms with E-state index in [9.17, 15) is 19.8 Å². The van der Waals surface area contributed by atoms with Crippen LogP contribution in [0, 0.1) is 23.7 Å². The standard InChI is InChI=1S/C27H25NO5/c1-15-13-20-24(26(31)28(25(20)30)16-7-3-2-4-8-16)21-14-23(33-27(15,21)32)19-11-12-22(29)18-10-6-5-9-17(18)19/h2-12,15,20-21,23-24,29,32H,13-14H2,1H3/t15-,20-,21-,23-,24-,27+/m0/s1. The number of para-hydroxylation sites is 1. The number of imide groups is 1. The summed E-state index contributed by atoms with van der Waals surface area (Å²) in [6.07, 6.45) is 0.382. The normalized spacial score (nSPS) is 33.4. The van der Waals surface area contributed by atoms with Gasteiger partial charge in [-0.1, -0.05) is 55.5 Å². The number of benzene rings is 3. The second-order valence-electron chi connectivity index (χ2n) is 9.54. The number of carbonyl (C=O) groups excluding carboxylic acids is 2. The number of rotatable bonds is 2. The summed E-state index contributed by atoms with van der Waals surface area (Å²) in [6.45, 7) is 1.89. The number of ether oxygens (including phenoxy) is 1. The summed E-state index contributed by atoms with van der Waals surface area (Å²) >= 11 is 0. The largest absolute Gasteiger partial charge is 0.507 e. The summed E-state index contributed by atoms with van der Waals surface area (Å²) in [7, 11) is 0. The first kappa shape index (κ1) is 20.4. The van der Waals surface area contributed by atoms with Crippen molar-refractivity contribution < 1.29 is 24.5 Å². The van der Waals surface area contributed by atoms with Gasteiger partial charge in [-0.2, -0.15) is 0 Å². The molecule has 2 heterocycles. The molecule has 2 N–H and O–H groups in total. The zero-order valence-electron chi connectivity index (χ0n) is 18.2. The van der Waals surface area contributed by atoms with Crippen molar-refractivity contribution in [2.45, 2.75) is 31.7 Å². The lowest BCUT2D eigenvalue weighted by Crippen LogP contribution is -2.52. The van der Waals surface area contributed by atoms with E-state index in [2.05, 4.69) is 0 Å². The molecule has 0 unspecified atom stereocenters. The van der Waals surface area contributed by atoms with E-state index in [0.717, 1.165) is 10.9 Å². The number of amides is 2. The molecule has 3 aromatic carbocycles. The third kappa shape index (κ3) is 2.81. The molecule has 0 bridgehead atoms. The smallest absolute Gasteiger partial charge is 0.238 e. The lowest BCUT2D eigenvalue weighted by molar-refractivity contribution is -0.265. The van der Waals surface area contributed by atoms with Crippen LogP contribution >= 0.6 is 0 Å². The monoisotopic (exact) mass is 443 g/mol. The Hall–Kier alpha value is -3.22. The quantitative estimate of drug-likeness (QED) is 0.581. The first-order valence-corrected chi connectivity index (χ1v) is 11.4. The third-order valence-corrected chi connectivity index (χ3v) is 7.85. The molecule has 0 spiro atoms. The van der Waals surface area contributed by atoms with Crippen molar-refractivity contribution >= 4 is 28.3 Å². The number of aliphatic hydroxyl groups is 1. The molecule has 3 fully saturated rings. The Morgan fingerprint density at radius 2 is 1.61 bits per heavy atom. The molecular formula is C27H25NO5. The maximum atomic E-state index is 13.5. The van der Waals surface area contributed by atoms with Crippen LogP contribution in [-0.2, 0) is 14.3 Å². The first-order valence-electron chi connectivity index (χ1n) is 11.4. The van der Waals surface area contributed by atoms with Crippen LogP contribution in [-0.4, -0.2) is 27.8 Å². The topological polar surface area (TPSA) is 87.1 Å². The number of anilines is 1. The maximum absolute atomic E-state index is 13.5. The minimum Gasteiger partial charge on any atom is -0.507 e. The van der Waals surface area contributed by atoms with Gasteiger partial charge in [-0.05, 0) is 42.0 Å². The summed E-state index contributed by atoms with van der Waals surface area (Å²) in [4.78, 5) is 28.1. The van der Waals surface area contributed by atoms with Crippen LogP contribution in [0.5, 0.6) is 5.75 Å². The second kappa shape index (κ2) is 7.14. The zero-order chi connectivity index (χ0) is 22.9. The second-order valence-corrected chi connectivity index (χ2v) is 9.54. The van der Waals surface area contributed by atoms with Gasteiger partial charge in [0.25, 0.3) is 0 Å². The van der Waals surface area contributed by atoms with Crippen LogP contribution in [0.1, 0.15) is 31.4 Å². The lowest BCUT2D eigenvalue weighted by atomic mass is 9.65. The number of hydrogen-bond donors (Lipinski definition) is 2. The number of carbonyl (C=O) groups is 2. The minimum atomic E-state index is -1.49. The maximum Gasteiger partial charge on any atom is 0.238 e. The number of phenolic OH excluding ortho intramolecular Hbond substituents is 1. The van der Waals surface area contributed by atoms with Gasteiger partial charge >= 0.3 is 0 Å². The van der Waals surface area contributed by atoms with Gasteiger partial charge in [0.2, 0.25) is 11.8 Å². The number of hydrogen-bond acceptors (Lipinski definition) is 5. The van der Waals surface area contributed by atoms with Crippen LogP contribution in [0.15, 0.2) is 66.7 Å². The Morgan fingerprint density at radius 3 is 2.36 bits per heavy atom. The Bertz CT molecular complexity index is 1270. The van der Waals surface area contributed by atoms with Gasteiger partial charge in [-0.3, -0.25) is 14.5 Å². The Balaban J connectivity index is 1.40. The fraction of sp³-hybridized carbons (Fsp3) is 0.333. The molecule has 0 aromatic heterocycles. The van der Waals surface area contributed by atoms with Crippen molar-refractivity contribution in [2.24, 2.45) is 23.7 Å². The van der Waals surface area contributed by atoms with Crippen LogP contribution < -0.4 is 4.90 Å². The first-order chi connectivity index (χ1) is 15.9. The van der Waals surface area contributed by atoms with Crippen molar-refractivity contribution in [3.05, 3.63) is 72.3 Å². The van der Waals surface area contributed by atoms with Crippen molar-refractivity contribution in [3.63, 3.8) is 0 Å². The zero-order valence-corrected chi connectivity index (χ0v) is 18.2. The van der Waals surface area contributed by atoms with Crippen molar-refractivity contribution in [3.8, 4) is 5.75 Å². The van der Waals surface area contributed by atoms with Crippen molar-refractivity contribution in [1.29, 1.82) is 0 Å². The highest BCUT2D eigenvalue weighted by molar-refractivity contribution is 6.22. The highest BCUT2D eigenvalue weighted by atomic mass is 16.6. The number of fused-ring (bicyclic) bond motifs is 4. The minimum absolute atomic E-state index is 0.187. The Morgan fingerprint density at radius 1 is 0.909 bits per heavy atom. The molecule has 1 saturated carbocycles. The number of aromatic hydroxyl groups is 1. The Labute approximate surface area is 191 Å². The molecule has 3 aromatic rings. The predicted octanol–water partition coefficient (Wildman–Crippen LogP) is 4.16. The van der Waals surface area contributed by atoms with Gasteiger partial charge in [0.05, 0.1) is 23.6 Å². The Kier molecular flexibility index (Phi) is 4.41. The van der Waals surface area contributed by atoms with Gasteiger partial charge in [-0.15, -0.1) is 0 Å². The highest BCUT2D eigenvalue weighted by Gasteiger charge is 2.66. The van der Waals surface area contributed by atoms with Crippen molar-refractivity contribution in [1.82, 2.24) is 0 Å². The fourth-order valence-electron chi connectivity index (χ4n) is 6.26. The summed E-state index contributed by atoms with van der Waals surface area (Å²) in [5.74, 6) is -3.63. The molecule has 2 saturated heterocycles. The summed E-state index contributed by atoms with van der Waals surface area (Å²) < 4.78 is 6.32. The molecular weight excluding hydrogens is 418 g/mol. The van der Waals surface area contributed by atoms with Gasteiger partial charge in [-0.25, -0.2) is 0 Å². The van der Waals surface area contributed by atoms with E-state index in [-0.39, 0.29) is 23.5 Å². The van der Waals surface area contributed by atoms with Gasteiger partial charge in [0.1, 0.15) is 5.75 Å². The van der Waals surface area contributed by atoms with Crippen LogP contribution in [0.25, 0.3) is 10.8 Å². The lowest BCUT2D eigenvalue weighted by Gasteiger charge is -2.43. The average molecular weight is 443 g/mol. The van der Waals surface area contributed by atoms with E-state index in [4.69, 9.17) is 4.74 Å². The average Bonchev–Trinajstić information content (AvgIpc) is 3.29. The molecule has 168 valence electrons. The van der Waals surface area contributed by atoms with Gasteiger partial charge < -0.3 is 14.9 Å². The molecule has 2 aliphatic heterocycles. The van der Waals surface area contributed by atoms with Crippen LogP contribution in [0.3, 0.4) is 0 Å². The molecule has 6 rings (SSSR count). The SMILES string of the molecule is C[C@H]1C[C@@H]2C(=O)N(c3ccccc3)C(=O)[C@@H]2[C@@H]2C[C@@H](c3ccc(O)c4ccccc34)O[C@]12O. The third-order valence-electron chi connectivity index (χ3n) is 7.85. The summed E-state index contributed by atoms with van der Waals surface area (Å²) in [6, 6.07) is 20.0. The molecule has 3 aliphatic rings. The molecule has 33 heavy (non-hydrogen) atoms. The van der Waals surface area contributed by atoms with Gasteiger partial charge in [0, 0.05) is 17.2 Å². The molecule has 1 aliphatic carbocycles. The van der Waals surface area contributed by atoms with Crippen LogP contribution in [0.2, 0.25) is 0 Å². The van der Waals surface area contributed by atoms with E-state index >= 15 is 0 Å². The summed E-state index contributed by atoms with van der Waals surface area (Å²) in [5.41, 5.74) is 1.43. The number of phenols is 1. The van der Waals surface area contributed by atoms with E-state index in [1.54, 1.807) is 18.2 Å². The fourth-order valence-corrected chi connectivity index (χ4v) is 6.26. The molecule has 6 atom stereocenters. The van der Waals surface area contributed by atoms with Crippen molar-refractivity contribution in [2.75, 3.05) is 4.90 Å². The summed E-state index contributed by atoms with van der Waals surface area (Å²) in [5, 5.41) is 23.5. The van der Waals surface area contributed by atoms with E-state index < -0.39 is 29.6 Å². The van der Waals surface area contributed by atoms with E-state index in [1.807, 2.05) is 55.5 Å². The predicted molar refractivity (Wildman–Crippen MR) is 122 cm³/mol. The van der Waals surface area contributed by atoms with Gasteiger partial charge in [0.15, 0.2) is 5.79 Å². The van der Waals surface area contributed by atoms with E-state index in [0.29, 0.717) is 23.9 Å².